The summed E-state index contributed by atoms with van der Waals surface area (Å²) in [4.78, 5) is 21.9. The van der Waals surface area contributed by atoms with Crippen LogP contribution in [0.3, 0.4) is 0 Å². The van der Waals surface area contributed by atoms with Gasteiger partial charge in [0.1, 0.15) is 5.82 Å². The topological polar surface area (TPSA) is 45.7 Å². The maximum absolute atomic E-state index is 13.6. The van der Waals surface area contributed by atoms with Gasteiger partial charge in [-0.15, -0.1) is 0 Å². The van der Waals surface area contributed by atoms with Crippen LogP contribution in [0.15, 0.2) is 40.9 Å². The van der Waals surface area contributed by atoms with Crippen molar-refractivity contribution in [2.45, 2.75) is 0 Å². The molecule has 0 saturated carbocycles. The highest BCUT2D eigenvalue weighted by Crippen LogP contribution is 2.31. The van der Waals surface area contributed by atoms with Crippen LogP contribution in [0.4, 0.5) is 9.52 Å². The molecule has 0 radical (unpaired) electrons. The van der Waals surface area contributed by atoms with Crippen molar-refractivity contribution in [3.63, 3.8) is 0 Å². The van der Waals surface area contributed by atoms with Gasteiger partial charge in [0.05, 0.1) is 34.0 Å². The molecular weight excluding hydrogens is 481 g/mol. The number of anilines is 1. The van der Waals surface area contributed by atoms with E-state index in [0.29, 0.717) is 52.2 Å². The van der Waals surface area contributed by atoms with E-state index in [1.54, 1.807) is 29.2 Å². The van der Waals surface area contributed by atoms with E-state index in [1.807, 2.05) is 0 Å². The summed E-state index contributed by atoms with van der Waals surface area (Å²) in [5.41, 5.74) is 1.06. The zero-order chi connectivity index (χ0) is 20.4. The van der Waals surface area contributed by atoms with Gasteiger partial charge in [0.2, 0.25) is 0 Å². The van der Waals surface area contributed by atoms with E-state index in [2.05, 4.69) is 25.8 Å². The first-order valence-corrected chi connectivity index (χ1v) is 11.1. The van der Waals surface area contributed by atoms with E-state index < -0.39 is 0 Å². The van der Waals surface area contributed by atoms with Gasteiger partial charge in [-0.2, -0.15) is 0 Å². The summed E-state index contributed by atoms with van der Waals surface area (Å²) in [7, 11) is 0. The average molecular weight is 499 g/mol. The lowest BCUT2D eigenvalue weighted by molar-refractivity contribution is 0.0391. The number of carbonyl (C=O) groups excluding carboxylic acids is 1. The van der Waals surface area contributed by atoms with Crippen molar-refractivity contribution >= 4 is 60.1 Å². The van der Waals surface area contributed by atoms with Crippen LogP contribution >= 0.6 is 38.9 Å². The predicted molar refractivity (Wildman–Crippen MR) is 118 cm³/mol. The van der Waals surface area contributed by atoms with Gasteiger partial charge < -0.3 is 4.74 Å². The van der Waals surface area contributed by atoms with E-state index in [-0.39, 0.29) is 11.7 Å². The number of halogens is 3. The Morgan fingerprint density at radius 3 is 2.86 bits per heavy atom. The molecule has 2 heterocycles. The first-order chi connectivity index (χ1) is 14.0. The minimum absolute atomic E-state index is 0.232. The zero-order valence-electron chi connectivity index (χ0n) is 15.4. The largest absolute Gasteiger partial charge is 0.379 e. The summed E-state index contributed by atoms with van der Waals surface area (Å²) >= 11 is 11.0. The van der Waals surface area contributed by atoms with Gasteiger partial charge in [0.25, 0.3) is 5.91 Å². The molecule has 0 bridgehead atoms. The summed E-state index contributed by atoms with van der Waals surface area (Å²) in [5, 5.41) is 0.904. The van der Waals surface area contributed by atoms with E-state index in [1.165, 1.54) is 23.5 Å². The molecule has 29 heavy (non-hydrogen) atoms. The molecule has 3 aromatic rings. The van der Waals surface area contributed by atoms with Crippen LogP contribution in [0, 0.1) is 5.82 Å². The number of hydrogen-bond acceptors (Lipinski definition) is 5. The molecule has 1 saturated heterocycles. The summed E-state index contributed by atoms with van der Waals surface area (Å²) < 4.78 is 20.5. The number of ether oxygens (including phenoxy) is 1. The van der Waals surface area contributed by atoms with Crippen molar-refractivity contribution in [2.24, 2.45) is 0 Å². The van der Waals surface area contributed by atoms with E-state index >= 15 is 0 Å². The highest BCUT2D eigenvalue weighted by Gasteiger charge is 2.24. The summed E-state index contributed by atoms with van der Waals surface area (Å²) in [6.07, 6.45) is 0. The molecule has 0 unspecified atom stereocenters. The number of rotatable bonds is 5. The molecule has 1 fully saturated rings. The lowest BCUT2D eigenvalue weighted by atomic mass is 10.2. The Kier molecular flexibility index (Phi) is 6.46. The SMILES string of the molecule is O=C(c1cc(Br)ccc1Cl)N(CCN1CCOCC1)c1nc2ccc(F)cc2s1. The number of fused-ring (bicyclic) bond motifs is 1. The number of amides is 1. The average Bonchev–Trinajstić information content (AvgIpc) is 3.13. The molecule has 0 aliphatic carbocycles. The van der Waals surface area contributed by atoms with Crippen molar-refractivity contribution in [1.29, 1.82) is 0 Å². The number of thiazole rings is 1. The molecule has 1 aromatic heterocycles. The van der Waals surface area contributed by atoms with Crippen molar-refractivity contribution in [3.8, 4) is 0 Å². The Morgan fingerprint density at radius 1 is 1.28 bits per heavy atom. The molecule has 0 atom stereocenters. The predicted octanol–water partition coefficient (Wildman–Crippen LogP) is 4.83. The van der Waals surface area contributed by atoms with Crippen molar-refractivity contribution in [2.75, 3.05) is 44.3 Å². The van der Waals surface area contributed by atoms with Crippen LogP contribution in [0.1, 0.15) is 10.4 Å². The van der Waals surface area contributed by atoms with Crippen LogP contribution < -0.4 is 4.90 Å². The number of benzene rings is 2. The molecule has 2 aromatic carbocycles. The fourth-order valence-electron chi connectivity index (χ4n) is 3.16. The van der Waals surface area contributed by atoms with Gasteiger partial charge in [-0.05, 0) is 36.4 Å². The number of morpholine rings is 1. The summed E-state index contributed by atoms with van der Waals surface area (Å²) in [6.45, 7) is 4.15. The van der Waals surface area contributed by atoms with E-state index in [4.69, 9.17) is 16.3 Å². The monoisotopic (exact) mass is 497 g/mol. The van der Waals surface area contributed by atoms with Gasteiger partial charge in [-0.1, -0.05) is 38.9 Å². The maximum atomic E-state index is 13.6. The lowest BCUT2D eigenvalue weighted by Gasteiger charge is -2.29. The second-order valence-electron chi connectivity index (χ2n) is 6.64. The third-order valence-corrected chi connectivity index (χ3v) is 6.58. The zero-order valence-corrected chi connectivity index (χ0v) is 18.6. The molecule has 5 nitrogen and oxygen atoms in total. The van der Waals surface area contributed by atoms with Crippen LogP contribution in [0.5, 0.6) is 0 Å². The van der Waals surface area contributed by atoms with Gasteiger partial charge in [0, 0.05) is 30.7 Å². The minimum atomic E-state index is -0.325. The second kappa shape index (κ2) is 9.06. The van der Waals surface area contributed by atoms with Crippen molar-refractivity contribution in [3.05, 3.63) is 57.3 Å². The molecule has 152 valence electrons. The number of carbonyl (C=O) groups is 1. The Hall–Kier alpha value is -1.58. The van der Waals surface area contributed by atoms with E-state index in [9.17, 15) is 9.18 Å². The van der Waals surface area contributed by atoms with Gasteiger partial charge in [0.15, 0.2) is 5.13 Å². The van der Waals surface area contributed by atoms with Gasteiger partial charge in [-0.3, -0.25) is 14.6 Å². The Bertz CT molecular complexity index is 1040. The highest BCUT2D eigenvalue weighted by molar-refractivity contribution is 9.10. The minimum Gasteiger partial charge on any atom is -0.379 e. The Labute approximate surface area is 185 Å². The fourth-order valence-corrected chi connectivity index (χ4v) is 4.73. The van der Waals surface area contributed by atoms with Crippen molar-refractivity contribution in [1.82, 2.24) is 9.88 Å². The Morgan fingerprint density at radius 2 is 2.07 bits per heavy atom. The molecule has 9 heteroatoms. The summed E-state index contributed by atoms with van der Waals surface area (Å²) in [5.74, 6) is -0.557. The lowest BCUT2D eigenvalue weighted by Crippen LogP contribution is -2.43. The summed E-state index contributed by atoms with van der Waals surface area (Å²) in [6, 6.07) is 9.62. The molecule has 0 N–H and O–H groups in total. The third kappa shape index (κ3) is 4.78. The molecular formula is C20H18BrClFN3O2S. The van der Waals surface area contributed by atoms with Crippen molar-refractivity contribution < 1.29 is 13.9 Å². The number of aromatic nitrogens is 1. The first-order valence-electron chi connectivity index (χ1n) is 9.14. The maximum Gasteiger partial charge on any atom is 0.261 e. The van der Waals surface area contributed by atoms with Crippen LogP contribution in [0.25, 0.3) is 10.2 Å². The molecule has 4 rings (SSSR count). The first kappa shape index (κ1) is 20.7. The smallest absolute Gasteiger partial charge is 0.261 e. The standard InChI is InChI=1S/C20H18BrClFN3O2S/c21-13-1-3-16(22)15(11-13)19(27)26(6-5-25-7-9-28-10-8-25)20-24-17-4-2-14(23)12-18(17)29-20/h1-4,11-12H,5-10H2. The third-order valence-electron chi connectivity index (χ3n) is 4.72. The van der Waals surface area contributed by atoms with Crippen LogP contribution in [-0.2, 0) is 4.74 Å². The molecule has 1 amide bonds. The quantitative estimate of drug-likeness (QED) is 0.505. The van der Waals surface area contributed by atoms with Crippen LogP contribution in [-0.4, -0.2) is 55.2 Å². The van der Waals surface area contributed by atoms with Gasteiger partial charge in [-0.25, -0.2) is 9.37 Å². The number of hydrogen-bond donors (Lipinski definition) is 0. The molecule has 1 aliphatic rings. The van der Waals surface area contributed by atoms with Crippen LogP contribution in [0.2, 0.25) is 5.02 Å². The number of nitrogens with zero attached hydrogens (tertiary/aromatic N) is 3. The molecule has 1 aliphatic heterocycles. The normalized spacial score (nSPS) is 15.0. The second-order valence-corrected chi connectivity index (χ2v) is 8.98. The Balaban J connectivity index is 1.67. The van der Waals surface area contributed by atoms with Gasteiger partial charge >= 0.3 is 0 Å². The van der Waals surface area contributed by atoms with E-state index in [0.717, 1.165) is 17.6 Å². The highest BCUT2D eigenvalue weighted by atomic mass is 79.9. The fraction of sp³-hybridized carbons (Fsp3) is 0.300. The molecule has 0 spiro atoms.